The van der Waals surface area contributed by atoms with Crippen LogP contribution in [-0.4, -0.2) is 29.7 Å². The fourth-order valence-electron chi connectivity index (χ4n) is 1.46. The van der Waals surface area contributed by atoms with Gasteiger partial charge in [-0.25, -0.2) is 8.42 Å². The van der Waals surface area contributed by atoms with E-state index < -0.39 is 32.4 Å². The third kappa shape index (κ3) is 4.32. The van der Waals surface area contributed by atoms with E-state index in [2.05, 4.69) is 0 Å². The lowest BCUT2D eigenvalue weighted by Gasteiger charge is -2.10. The Hall–Kier alpha value is -1.96. The molecule has 0 aliphatic rings. The van der Waals surface area contributed by atoms with E-state index in [0.29, 0.717) is 5.56 Å². The number of nitrogens with zero attached hydrogens (tertiary/aromatic N) is 1. The van der Waals surface area contributed by atoms with Gasteiger partial charge in [-0.2, -0.15) is 0 Å². The van der Waals surface area contributed by atoms with Crippen molar-refractivity contribution < 1.29 is 23.2 Å². The maximum atomic E-state index is 11.9. The molecule has 0 radical (unpaired) electrons. The van der Waals surface area contributed by atoms with Crippen molar-refractivity contribution >= 4 is 21.5 Å². The molecule has 7 nitrogen and oxygen atoms in total. The molecule has 19 heavy (non-hydrogen) atoms. The zero-order chi connectivity index (χ0) is 14.6. The fourth-order valence-corrected chi connectivity index (χ4v) is 2.80. The lowest BCUT2D eigenvalue weighted by atomic mass is 10.2. The van der Waals surface area contributed by atoms with Gasteiger partial charge in [-0.1, -0.05) is 12.1 Å². The smallest absolute Gasteiger partial charge is 0.304 e. The first-order valence-corrected chi connectivity index (χ1v) is 7.10. The second-order valence-electron chi connectivity index (χ2n) is 4.14. The van der Waals surface area contributed by atoms with Gasteiger partial charge >= 0.3 is 5.97 Å². The molecule has 0 spiro atoms. The Morgan fingerprint density at radius 2 is 1.89 bits per heavy atom. The number of nitro groups is 1. The average molecular weight is 287 g/mol. The van der Waals surface area contributed by atoms with Crippen LogP contribution < -0.4 is 0 Å². The number of sulfone groups is 1. The van der Waals surface area contributed by atoms with Crippen LogP contribution in [0.25, 0.3) is 0 Å². The first-order chi connectivity index (χ1) is 8.72. The minimum atomic E-state index is -3.59. The summed E-state index contributed by atoms with van der Waals surface area (Å²) in [5.41, 5.74) is 0.266. The number of nitro benzene ring substituents is 1. The van der Waals surface area contributed by atoms with E-state index in [1.165, 1.54) is 31.2 Å². The van der Waals surface area contributed by atoms with Crippen LogP contribution in [0.15, 0.2) is 24.3 Å². The maximum Gasteiger partial charge on any atom is 0.304 e. The molecule has 0 saturated heterocycles. The molecule has 0 fully saturated rings. The van der Waals surface area contributed by atoms with Crippen molar-refractivity contribution in [2.75, 3.05) is 0 Å². The predicted molar refractivity (Wildman–Crippen MR) is 67.4 cm³/mol. The minimum absolute atomic E-state index is 0.125. The number of carboxylic acid groups (broad SMARTS) is 1. The number of aliphatic carboxylic acids is 1. The van der Waals surface area contributed by atoms with E-state index in [9.17, 15) is 23.3 Å². The number of non-ortho nitro benzene ring substituents is 1. The number of hydrogen-bond donors (Lipinski definition) is 1. The van der Waals surface area contributed by atoms with E-state index in [1.54, 1.807) is 0 Å². The van der Waals surface area contributed by atoms with Crippen LogP contribution in [-0.2, 0) is 20.4 Å². The van der Waals surface area contributed by atoms with E-state index in [4.69, 9.17) is 5.11 Å². The molecule has 0 bridgehead atoms. The van der Waals surface area contributed by atoms with E-state index in [0.717, 1.165) is 0 Å². The van der Waals surface area contributed by atoms with Crippen molar-refractivity contribution in [1.29, 1.82) is 0 Å². The number of carbonyl (C=O) groups is 1. The van der Waals surface area contributed by atoms with E-state index >= 15 is 0 Å². The van der Waals surface area contributed by atoms with Crippen molar-refractivity contribution in [3.8, 4) is 0 Å². The van der Waals surface area contributed by atoms with Crippen LogP contribution in [0.1, 0.15) is 18.9 Å². The van der Waals surface area contributed by atoms with Crippen molar-refractivity contribution in [2.45, 2.75) is 24.3 Å². The van der Waals surface area contributed by atoms with Gasteiger partial charge in [-0.15, -0.1) is 0 Å². The molecule has 0 amide bonds. The Labute approximate surface area is 109 Å². The lowest BCUT2D eigenvalue weighted by molar-refractivity contribution is -0.384. The highest BCUT2D eigenvalue weighted by Gasteiger charge is 2.23. The van der Waals surface area contributed by atoms with Gasteiger partial charge in [0.2, 0.25) is 0 Å². The van der Waals surface area contributed by atoms with Crippen LogP contribution in [0.2, 0.25) is 0 Å². The minimum Gasteiger partial charge on any atom is -0.481 e. The van der Waals surface area contributed by atoms with Crippen LogP contribution in [0.5, 0.6) is 0 Å². The molecule has 0 heterocycles. The largest absolute Gasteiger partial charge is 0.481 e. The third-order valence-electron chi connectivity index (χ3n) is 2.59. The molecule has 8 heteroatoms. The quantitative estimate of drug-likeness (QED) is 0.624. The summed E-state index contributed by atoms with van der Waals surface area (Å²) in [6, 6.07) is 5.13. The SMILES string of the molecule is CC(CC(=O)O)S(=O)(=O)Cc1ccc([N+](=O)[O-])cc1. The molecular formula is C11H13NO6S. The van der Waals surface area contributed by atoms with Crippen LogP contribution in [0, 0.1) is 10.1 Å². The topological polar surface area (TPSA) is 115 Å². The summed E-state index contributed by atoms with van der Waals surface area (Å²) in [5, 5.41) is 18.0. The van der Waals surface area contributed by atoms with Crippen LogP contribution in [0.4, 0.5) is 5.69 Å². The fraction of sp³-hybridized carbons (Fsp3) is 0.364. The zero-order valence-electron chi connectivity index (χ0n) is 10.1. The normalized spacial score (nSPS) is 12.9. The molecule has 0 saturated carbocycles. The molecular weight excluding hydrogens is 274 g/mol. The molecule has 1 aromatic carbocycles. The maximum absolute atomic E-state index is 11.9. The molecule has 1 atom stereocenters. The second-order valence-corrected chi connectivity index (χ2v) is 6.56. The first kappa shape index (κ1) is 15.1. The monoisotopic (exact) mass is 287 g/mol. The summed E-state index contributed by atoms with van der Waals surface area (Å²) in [6.07, 6.45) is -0.463. The first-order valence-electron chi connectivity index (χ1n) is 5.39. The van der Waals surface area contributed by atoms with Gasteiger partial charge in [0.25, 0.3) is 5.69 Å². The van der Waals surface area contributed by atoms with E-state index in [-0.39, 0.29) is 11.4 Å². The highest BCUT2D eigenvalue weighted by molar-refractivity contribution is 7.91. The van der Waals surface area contributed by atoms with Gasteiger partial charge in [-0.05, 0) is 12.5 Å². The standard InChI is InChI=1S/C11H13NO6S/c1-8(6-11(13)14)19(17,18)7-9-2-4-10(5-3-9)12(15)16/h2-5,8H,6-7H2,1H3,(H,13,14). The molecule has 0 aliphatic heterocycles. The van der Waals surface area contributed by atoms with Gasteiger partial charge in [0, 0.05) is 12.1 Å². The van der Waals surface area contributed by atoms with Gasteiger partial charge in [0.15, 0.2) is 9.84 Å². The van der Waals surface area contributed by atoms with Crippen molar-refractivity contribution in [1.82, 2.24) is 0 Å². The van der Waals surface area contributed by atoms with Crippen LogP contribution in [0.3, 0.4) is 0 Å². The number of benzene rings is 1. The summed E-state index contributed by atoms with van der Waals surface area (Å²) in [6.45, 7) is 1.33. The number of carboxylic acids is 1. The molecule has 1 unspecified atom stereocenters. The predicted octanol–water partition coefficient (Wildman–Crippen LogP) is 1.37. The van der Waals surface area contributed by atoms with Crippen LogP contribution >= 0.6 is 0 Å². The summed E-state index contributed by atoms with van der Waals surface area (Å²) < 4.78 is 23.7. The Balaban J connectivity index is 2.83. The molecule has 104 valence electrons. The van der Waals surface area contributed by atoms with Crippen molar-refractivity contribution in [3.05, 3.63) is 39.9 Å². The summed E-state index contributed by atoms with van der Waals surface area (Å²) >= 11 is 0. The molecule has 1 rings (SSSR count). The van der Waals surface area contributed by atoms with Crippen molar-refractivity contribution in [2.24, 2.45) is 0 Å². The second kappa shape index (κ2) is 5.79. The number of hydrogen-bond acceptors (Lipinski definition) is 5. The van der Waals surface area contributed by atoms with Gasteiger partial charge < -0.3 is 5.11 Å². The lowest BCUT2D eigenvalue weighted by Crippen LogP contribution is -2.22. The van der Waals surface area contributed by atoms with Gasteiger partial charge in [0.1, 0.15) is 0 Å². The molecule has 0 aliphatic carbocycles. The van der Waals surface area contributed by atoms with E-state index in [1.807, 2.05) is 0 Å². The Kier molecular flexibility index (Phi) is 4.60. The number of rotatable bonds is 6. The molecule has 0 aromatic heterocycles. The van der Waals surface area contributed by atoms with Gasteiger partial charge in [-0.3, -0.25) is 14.9 Å². The molecule has 1 N–H and O–H groups in total. The Bertz CT molecular complexity index is 578. The Morgan fingerprint density at radius 3 is 2.32 bits per heavy atom. The zero-order valence-corrected chi connectivity index (χ0v) is 11.0. The average Bonchev–Trinajstić information content (AvgIpc) is 2.28. The molecule has 1 aromatic rings. The Morgan fingerprint density at radius 1 is 1.37 bits per heavy atom. The summed E-state index contributed by atoms with van der Waals surface area (Å²) in [5.74, 6) is -1.51. The highest BCUT2D eigenvalue weighted by atomic mass is 32.2. The van der Waals surface area contributed by atoms with Gasteiger partial charge in [0.05, 0.1) is 22.3 Å². The summed E-state index contributed by atoms with van der Waals surface area (Å²) in [4.78, 5) is 20.4. The van der Waals surface area contributed by atoms with Crippen molar-refractivity contribution in [3.63, 3.8) is 0 Å². The highest BCUT2D eigenvalue weighted by Crippen LogP contribution is 2.17. The summed E-state index contributed by atoms with van der Waals surface area (Å²) in [7, 11) is -3.59. The third-order valence-corrected chi connectivity index (χ3v) is 4.72.